The second kappa shape index (κ2) is 6.80. The lowest BCUT2D eigenvalue weighted by atomic mass is 9.76. The number of likely N-dealkylation sites (N-methyl/N-ethyl adjacent to an activating group) is 1. The first kappa shape index (κ1) is 15.8. The molecule has 1 aliphatic rings. The van der Waals surface area contributed by atoms with Gasteiger partial charge in [-0.05, 0) is 31.4 Å². The molecule has 3 unspecified atom stereocenters. The average molecular weight is 272 g/mol. The molecule has 0 aromatic heterocycles. The van der Waals surface area contributed by atoms with Crippen molar-refractivity contribution in [1.82, 2.24) is 4.90 Å². The Bertz CT molecular complexity index is 285. The second-order valence-electron chi connectivity index (χ2n) is 5.79. The maximum Gasteiger partial charge on any atom is 0.242 e. The summed E-state index contributed by atoms with van der Waals surface area (Å²) in [7, 11) is 1.92. The number of carbonyl (C=O) groups is 1. The minimum absolute atomic E-state index is 0.148. The predicted octanol–water partition coefficient (Wildman–Crippen LogP) is 2.49. The van der Waals surface area contributed by atoms with Gasteiger partial charge in [0.2, 0.25) is 5.91 Å². The van der Waals surface area contributed by atoms with Crippen LogP contribution in [-0.4, -0.2) is 41.4 Å². The van der Waals surface area contributed by atoms with Gasteiger partial charge >= 0.3 is 0 Å². The van der Waals surface area contributed by atoms with Crippen molar-refractivity contribution < 1.29 is 4.79 Å². The van der Waals surface area contributed by atoms with Crippen LogP contribution in [0.5, 0.6) is 0 Å². The third-order valence-electron chi connectivity index (χ3n) is 4.16. The van der Waals surface area contributed by atoms with Crippen molar-refractivity contribution in [3.05, 3.63) is 0 Å². The van der Waals surface area contributed by atoms with Crippen LogP contribution in [0.2, 0.25) is 0 Å². The number of thioether (sulfide) groups is 1. The van der Waals surface area contributed by atoms with Crippen LogP contribution >= 0.6 is 11.8 Å². The fraction of sp³-hybridized carbons (Fsp3) is 0.929. The molecular formula is C14H28N2OS. The third kappa shape index (κ3) is 3.64. The van der Waals surface area contributed by atoms with E-state index in [9.17, 15) is 4.79 Å². The van der Waals surface area contributed by atoms with Gasteiger partial charge in [-0.3, -0.25) is 4.79 Å². The third-order valence-corrected chi connectivity index (χ3v) is 4.87. The molecule has 0 heterocycles. The van der Waals surface area contributed by atoms with Crippen molar-refractivity contribution >= 4 is 17.7 Å². The monoisotopic (exact) mass is 272 g/mol. The van der Waals surface area contributed by atoms with E-state index in [0.717, 1.165) is 31.4 Å². The maximum atomic E-state index is 12.6. The molecule has 0 radical (unpaired) electrons. The summed E-state index contributed by atoms with van der Waals surface area (Å²) in [6.07, 6.45) is 7.05. The fourth-order valence-electron chi connectivity index (χ4n) is 3.00. The van der Waals surface area contributed by atoms with E-state index in [1.165, 1.54) is 6.42 Å². The van der Waals surface area contributed by atoms with E-state index in [4.69, 9.17) is 5.73 Å². The molecule has 0 aromatic carbocycles. The van der Waals surface area contributed by atoms with Gasteiger partial charge in [0.15, 0.2) is 0 Å². The maximum absolute atomic E-state index is 12.6. The summed E-state index contributed by atoms with van der Waals surface area (Å²) in [5.74, 6) is 1.71. The Balaban J connectivity index is 2.72. The fourth-order valence-corrected chi connectivity index (χ4v) is 3.84. The first-order valence-corrected chi connectivity index (χ1v) is 8.39. The van der Waals surface area contributed by atoms with E-state index in [1.54, 1.807) is 11.8 Å². The topological polar surface area (TPSA) is 46.3 Å². The second-order valence-corrected chi connectivity index (χ2v) is 6.70. The lowest BCUT2D eigenvalue weighted by Gasteiger charge is -2.40. The van der Waals surface area contributed by atoms with Gasteiger partial charge in [-0.25, -0.2) is 0 Å². The molecule has 1 fully saturated rings. The Morgan fingerprint density at radius 3 is 2.78 bits per heavy atom. The molecule has 18 heavy (non-hydrogen) atoms. The minimum Gasteiger partial charge on any atom is -0.340 e. The van der Waals surface area contributed by atoms with Gasteiger partial charge in [-0.2, -0.15) is 11.8 Å². The number of carbonyl (C=O) groups excluding carboxylic acids is 1. The molecule has 3 atom stereocenters. The van der Waals surface area contributed by atoms with Crippen LogP contribution < -0.4 is 5.73 Å². The van der Waals surface area contributed by atoms with E-state index in [2.05, 4.69) is 20.1 Å². The zero-order valence-corrected chi connectivity index (χ0v) is 13.1. The zero-order valence-electron chi connectivity index (χ0n) is 12.2. The number of hydrogen-bond acceptors (Lipinski definition) is 3. The molecule has 0 aromatic rings. The standard InChI is InChI=1S/C14H28N2OS/c1-5-12(10-18-4)16(3)13(17)14(15)8-6-7-11(2)9-14/h11-12H,5-10,15H2,1-4H3. The van der Waals surface area contributed by atoms with E-state index in [-0.39, 0.29) is 5.91 Å². The lowest BCUT2D eigenvalue weighted by Crippen LogP contribution is -2.58. The highest BCUT2D eigenvalue weighted by molar-refractivity contribution is 7.98. The highest BCUT2D eigenvalue weighted by Gasteiger charge is 2.40. The lowest BCUT2D eigenvalue weighted by molar-refractivity contribution is -0.139. The zero-order chi connectivity index (χ0) is 13.8. The van der Waals surface area contributed by atoms with Crippen LogP contribution in [0.4, 0.5) is 0 Å². The van der Waals surface area contributed by atoms with Crippen LogP contribution in [0.1, 0.15) is 46.0 Å². The summed E-state index contributed by atoms with van der Waals surface area (Å²) >= 11 is 1.79. The summed E-state index contributed by atoms with van der Waals surface area (Å²) in [5, 5.41) is 0. The molecule has 1 saturated carbocycles. The summed E-state index contributed by atoms with van der Waals surface area (Å²) in [4.78, 5) is 14.5. The van der Waals surface area contributed by atoms with E-state index in [1.807, 2.05) is 11.9 Å². The van der Waals surface area contributed by atoms with Crippen molar-refractivity contribution in [1.29, 1.82) is 0 Å². The number of rotatable bonds is 5. The van der Waals surface area contributed by atoms with Crippen LogP contribution in [0.15, 0.2) is 0 Å². The van der Waals surface area contributed by atoms with Gasteiger partial charge < -0.3 is 10.6 Å². The first-order valence-electron chi connectivity index (χ1n) is 6.99. The van der Waals surface area contributed by atoms with Gasteiger partial charge in [-0.1, -0.05) is 26.7 Å². The van der Waals surface area contributed by atoms with Gasteiger partial charge in [0, 0.05) is 18.8 Å². The Labute approximate surface area is 116 Å². The quantitative estimate of drug-likeness (QED) is 0.836. The van der Waals surface area contributed by atoms with Crippen molar-refractivity contribution in [2.75, 3.05) is 19.1 Å². The molecule has 2 N–H and O–H groups in total. The highest BCUT2D eigenvalue weighted by Crippen LogP contribution is 2.32. The first-order chi connectivity index (χ1) is 8.44. The highest BCUT2D eigenvalue weighted by atomic mass is 32.2. The Morgan fingerprint density at radius 1 is 1.61 bits per heavy atom. The molecular weight excluding hydrogens is 244 g/mol. The molecule has 1 amide bonds. The number of amides is 1. The molecule has 106 valence electrons. The van der Waals surface area contributed by atoms with Crippen LogP contribution in [0.25, 0.3) is 0 Å². The van der Waals surface area contributed by atoms with Crippen molar-refractivity contribution in [3.8, 4) is 0 Å². The number of nitrogens with zero attached hydrogens (tertiary/aromatic N) is 1. The summed E-state index contributed by atoms with van der Waals surface area (Å²) < 4.78 is 0. The van der Waals surface area contributed by atoms with E-state index < -0.39 is 5.54 Å². The van der Waals surface area contributed by atoms with Crippen molar-refractivity contribution in [3.63, 3.8) is 0 Å². The summed E-state index contributed by atoms with van der Waals surface area (Å²) in [6, 6.07) is 0.310. The van der Waals surface area contributed by atoms with Crippen molar-refractivity contribution in [2.24, 2.45) is 11.7 Å². The Kier molecular flexibility index (Phi) is 5.99. The molecule has 0 aliphatic heterocycles. The van der Waals surface area contributed by atoms with Crippen LogP contribution in [0.3, 0.4) is 0 Å². The van der Waals surface area contributed by atoms with E-state index in [0.29, 0.717) is 12.0 Å². The van der Waals surface area contributed by atoms with Gasteiger partial charge in [-0.15, -0.1) is 0 Å². The predicted molar refractivity (Wildman–Crippen MR) is 79.8 cm³/mol. The van der Waals surface area contributed by atoms with Gasteiger partial charge in [0.25, 0.3) is 0 Å². The molecule has 0 bridgehead atoms. The van der Waals surface area contributed by atoms with Crippen LogP contribution in [0, 0.1) is 5.92 Å². The number of hydrogen-bond donors (Lipinski definition) is 1. The Morgan fingerprint density at radius 2 is 2.28 bits per heavy atom. The van der Waals surface area contributed by atoms with Crippen LogP contribution in [-0.2, 0) is 4.79 Å². The van der Waals surface area contributed by atoms with Gasteiger partial charge in [0.1, 0.15) is 0 Å². The van der Waals surface area contributed by atoms with E-state index >= 15 is 0 Å². The normalized spacial score (nSPS) is 29.9. The molecule has 0 saturated heterocycles. The van der Waals surface area contributed by atoms with Crippen molar-refractivity contribution in [2.45, 2.75) is 57.5 Å². The molecule has 3 nitrogen and oxygen atoms in total. The van der Waals surface area contributed by atoms with Gasteiger partial charge in [0.05, 0.1) is 5.54 Å². The summed E-state index contributed by atoms with van der Waals surface area (Å²) in [6.45, 7) is 4.34. The average Bonchev–Trinajstić information content (AvgIpc) is 2.34. The minimum atomic E-state index is -0.613. The summed E-state index contributed by atoms with van der Waals surface area (Å²) in [5.41, 5.74) is 5.77. The molecule has 0 spiro atoms. The Hall–Kier alpha value is -0.220. The molecule has 1 aliphatic carbocycles. The SMILES string of the molecule is CCC(CSC)N(C)C(=O)C1(N)CCCC(C)C1. The largest absolute Gasteiger partial charge is 0.340 e. The molecule has 4 heteroatoms. The number of nitrogens with two attached hydrogens (primary N) is 1. The smallest absolute Gasteiger partial charge is 0.242 e. The molecule has 1 rings (SSSR count).